The lowest BCUT2D eigenvalue weighted by molar-refractivity contribution is -0.138. The van der Waals surface area contributed by atoms with Crippen LogP contribution in [0.1, 0.15) is 48.6 Å². The van der Waals surface area contributed by atoms with E-state index in [1.165, 1.54) is 0 Å². The van der Waals surface area contributed by atoms with Crippen molar-refractivity contribution in [1.29, 1.82) is 0 Å². The molecular weight excluding hydrogens is 504 g/mol. The van der Waals surface area contributed by atoms with E-state index in [0.29, 0.717) is 25.2 Å². The molecule has 39 heavy (non-hydrogen) atoms. The van der Waals surface area contributed by atoms with Gasteiger partial charge in [0.05, 0.1) is 23.2 Å². The van der Waals surface area contributed by atoms with Gasteiger partial charge in [0.25, 0.3) is 0 Å². The minimum Gasteiger partial charge on any atom is -0.489 e. The number of nitrogens with zero attached hydrogens (tertiary/aromatic N) is 1. The van der Waals surface area contributed by atoms with E-state index in [0.717, 1.165) is 43.6 Å². The monoisotopic (exact) mass is 538 g/mol. The predicted molar refractivity (Wildman–Crippen MR) is 159 cm³/mol. The van der Waals surface area contributed by atoms with Gasteiger partial charge < -0.3 is 15.2 Å². The van der Waals surface area contributed by atoms with E-state index < -0.39 is 0 Å². The van der Waals surface area contributed by atoms with E-state index in [2.05, 4.69) is 24.3 Å². The molecule has 1 atom stereocenters. The van der Waals surface area contributed by atoms with Crippen molar-refractivity contribution in [3.05, 3.63) is 124 Å². The number of hydrogen-bond donors (Lipinski definition) is 1. The molecule has 3 aromatic carbocycles. The Kier molecular flexibility index (Phi) is 9.84. The van der Waals surface area contributed by atoms with Crippen molar-refractivity contribution in [3.63, 3.8) is 0 Å². The van der Waals surface area contributed by atoms with Crippen molar-refractivity contribution in [3.8, 4) is 16.2 Å². The number of nitrogens with two attached hydrogens (primary N) is 1. The molecule has 0 spiro atoms. The predicted octanol–water partition coefficient (Wildman–Crippen LogP) is 7.54. The molecule has 0 aliphatic carbocycles. The van der Waals surface area contributed by atoms with E-state index in [9.17, 15) is 4.79 Å². The lowest BCUT2D eigenvalue weighted by atomic mass is 10.1. The first-order chi connectivity index (χ1) is 18.9. The standard InChI is InChI=1S/C33H34N2O3S/c1-4-37-33(36)24(3)19-23(2)20-30-31(27-13-9-6-10-14-27)39-32(35-30)29(34)21-25-15-17-28(18-16-25)38-22-26-11-7-5-8-12-26/h5-20,29H,4,21-22,34H2,1-3H3/b23-20+,24-19-. The molecule has 0 saturated carbocycles. The summed E-state index contributed by atoms with van der Waals surface area (Å²) in [5.41, 5.74) is 12.3. The minimum atomic E-state index is -0.314. The molecule has 1 unspecified atom stereocenters. The maximum atomic E-state index is 12.1. The molecular formula is C33H34N2O3S. The van der Waals surface area contributed by atoms with Crippen LogP contribution in [0.5, 0.6) is 5.75 Å². The summed E-state index contributed by atoms with van der Waals surface area (Å²) in [5.74, 6) is 0.511. The second kappa shape index (κ2) is 13.7. The van der Waals surface area contributed by atoms with Gasteiger partial charge >= 0.3 is 5.97 Å². The minimum absolute atomic E-state index is 0.257. The number of carbonyl (C=O) groups is 1. The van der Waals surface area contributed by atoms with Crippen molar-refractivity contribution >= 4 is 23.4 Å². The topological polar surface area (TPSA) is 74.4 Å². The van der Waals surface area contributed by atoms with Crippen molar-refractivity contribution in [2.24, 2.45) is 5.73 Å². The number of ether oxygens (including phenoxy) is 2. The summed E-state index contributed by atoms with van der Waals surface area (Å²) in [7, 11) is 0. The summed E-state index contributed by atoms with van der Waals surface area (Å²) in [6.07, 6.45) is 4.48. The molecule has 200 valence electrons. The van der Waals surface area contributed by atoms with Gasteiger partial charge in [0.2, 0.25) is 0 Å². The second-order valence-corrected chi connectivity index (χ2v) is 10.3. The molecule has 0 aliphatic heterocycles. The van der Waals surface area contributed by atoms with Crippen molar-refractivity contribution in [1.82, 2.24) is 4.98 Å². The van der Waals surface area contributed by atoms with Crippen LogP contribution in [-0.2, 0) is 22.6 Å². The van der Waals surface area contributed by atoms with E-state index >= 15 is 0 Å². The number of esters is 1. The Morgan fingerprint density at radius 1 is 0.949 bits per heavy atom. The Hall–Kier alpha value is -4.00. The highest BCUT2D eigenvalue weighted by Gasteiger charge is 2.17. The zero-order valence-electron chi connectivity index (χ0n) is 22.6. The van der Waals surface area contributed by atoms with Crippen LogP contribution >= 0.6 is 11.3 Å². The molecule has 0 amide bonds. The SMILES string of the molecule is CCOC(=O)/C(C)=C\C(C)=C\c1nc(C(N)Cc2ccc(OCc3ccccc3)cc2)sc1-c1ccccc1. The molecule has 0 bridgehead atoms. The molecule has 1 aromatic heterocycles. The number of carbonyl (C=O) groups excluding carboxylic acids is 1. The second-order valence-electron chi connectivity index (χ2n) is 9.30. The van der Waals surface area contributed by atoms with Crippen LogP contribution in [-0.4, -0.2) is 17.6 Å². The summed E-state index contributed by atoms with van der Waals surface area (Å²) >= 11 is 1.61. The molecule has 4 rings (SSSR count). The van der Waals surface area contributed by atoms with Gasteiger partial charge in [-0.2, -0.15) is 0 Å². The Balaban J connectivity index is 1.51. The average molecular weight is 539 g/mol. The van der Waals surface area contributed by atoms with Gasteiger partial charge in [-0.25, -0.2) is 9.78 Å². The van der Waals surface area contributed by atoms with Gasteiger partial charge in [-0.3, -0.25) is 0 Å². The van der Waals surface area contributed by atoms with E-state index in [1.54, 1.807) is 25.2 Å². The van der Waals surface area contributed by atoms with Crippen LogP contribution in [0.15, 0.2) is 102 Å². The third-order valence-corrected chi connectivity index (χ3v) is 7.31. The van der Waals surface area contributed by atoms with Crippen LogP contribution in [0.25, 0.3) is 16.5 Å². The van der Waals surface area contributed by atoms with Crippen molar-refractivity contribution in [2.75, 3.05) is 6.61 Å². The van der Waals surface area contributed by atoms with Crippen molar-refractivity contribution < 1.29 is 14.3 Å². The van der Waals surface area contributed by atoms with Crippen molar-refractivity contribution in [2.45, 2.75) is 39.8 Å². The lowest BCUT2D eigenvalue weighted by Gasteiger charge is -2.10. The fraction of sp³-hybridized carbons (Fsp3) is 0.212. The fourth-order valence-corrected chi connectivity index (χ4v) is 5.16. The molecule has 2 N–H and O–H groups in total. The first kappa shape index (κ1) is 28.0. The molecule has 0 aliphatic rings. The normalized spacial score (nSPS) is 12.7. The van der Waals surface area contributed by atoms with Crippen LogP contribution in [0.4, 0.5) is 0 Å². The maximum Gasteiger partial charge on any atom is 0.333 e. The summed E-state index contributed by atoms with van der Waals surface area (Å²) < 4.78 is 11.0. The number of benzene rings is 3. The Morgan fingerprint density at radius 3 is 2.28 bits per heavy atom. The highest BCUT2D eigenvalue weighted by molar-refractivity contribution is 7.15. The van der Waals surface area contributed by atoms with Gasteiger partial charge in [0.15, 0.2) is 0 Å². The van der Waals surface area contributed by atoms with Crippen LogP contribution < -0.4 is 10.5 Å². The zero-order chi connectivity index (χ0) is 27.6. The number of allylic oxidation sites excluding steroid dienone is 2. The quantitative estimate of drug-likeness (QED) is 0.121. The molecule has 0 fully saturated rings. The summed E-state index contributed by atoms with van der Waals surface area (Å²) in [6, 6.07) is 28.1. The smallest absolute Gasteiger partial charge is 0.333 e. The summed E-state index contributed by atoms with van der Waals surface area (Å²) in [5, 5.41) is 0.864. The molecule has 0 saturated heterocycles. The molecule has 4 aromatic rings. The maximum absolute atomic E-state index is 12.1. The van der Waals surface area contributed by atoms with Gasteiger partial charge in [-0.05, 0) is 73.7 Å². The summed E-state index contributed by atoms with van der Waals surface area (Å²) in [6.45, 7) is 6.40. The number of rotatable bonds is 11. The molecule has 1 heterocycles. The van der Waals surface area contributed by atoms with E-state index in [-0.39, 0.29) is 12.0 Å². The zero-order valence-corrected chi connectivity index (χ0v) is 23.4. The number of aromatic nitrogens is 1. The largest absolute Gasteiger partial charge is 0.489 e. The fourth-order valence-electron chi connectivity index (χ4n) is 4.11. The Bertz CT molecular complexity index is 1430. The van der Waals surface area contributed by atoms with Gasteiger partial charge in [0.1, 0.15) is 17.4 Å². The van der Waals surface area contributed by atoms with Gasteiger partial charge in [0, 0.05) is 5.57 Å². The highest BCUT2D eigenvalue weighted by atomic mass is 32.1. The van der Waals surface area contributed by atoms with Crippen LogP contribution in [0.3, 0.4) is 0 Å². The lowest BCUT2D eigenvalue weighted by Crippen LogP contribution is -2.13. The number of hydrogen-bond acceptors (Lipinski definition) is 6. The average Bonchev–Trinajstić information content (AvgIpc) is 3.37. The van der Waals surface area contributed by atoms with Crippen LogP contribution in [0.2, 0.25) is 0 Å². The molecule has 6 heteroatoms. The van der Waals surface area contributed by atoms with Gasteiger partial charge in [-0.15, -0.1) is 11.3 Å². The van der Waals surface area contributed by atoms with E-state index in [1.807, 2.05) is 79.7 Å². The van der Waals surface area contributed by atoms with E-state index in [4.69, 9.17) is 20.2 Å². The Morgan fingerprint density at radius 2 is 1.62 bits per heavy atom. The molecule has 5 nitrogen and oxygen atoms in total. The Labute approximate surface area is 234 Å². The number of thiazole rings is 1. The molecule has 0 radical (unpaired) electrons. The van der Waals surface area contributed by atoms with Gasteiger partial charge in [-0.1, -0.05) is 72.8 Å². The highest BCUT2D eigenvalue weighted by Crippen LogP contribution is 2.35. The first-order valence-electron chi connectivity index (χ1n) is 13.0. The summed E-state index contributed by atoms with van der Waals surface area (Å²) in [4.78, 5) is 18.0. The van der Waals surface area contributed by atoms with Crippen LogP contribution in [0, 0.1) is 0 Å². The first-order valence-corrected chi connectivity index (χ1v) is 13.9. The third kappa shape index (κ3) is 7.99. The third-order valence-electron chi connectivity index (χ3n) is 6.06.